The first-order valence-electron chi connectivity index (χ1n) is 9.81. The van der Waals surface area contributed by atoms with Gasteiger partial charge in [-0.2, -0.15) is 0 Å². The molecule has 1 fully saturated rings. The summed E-state index contributed by atoms with van der Waals surface area (Å²) in [6.07, 6.45) is 7.03. The lowest BCUT2D eigenvalue weighted by molar-refractivity contribution is -0.122. The summed E-state index contributed by atoms with van der Waals surface area (Å²) in [7, 11) is 1.52. The van der Waals surface area contributed by atoms with Gasteiger partial charge in [0.15, 0.2) is 16.7 Å². The molecule has 0 unspecified atom stereocenters. The molecular formula is C24H22Cl2N2O3S. The van der Waals surface area contributed by atoms with Crippen molar-refractivity contribution >= 4 is 57.8 Å². The van der Waals surface area contributed by atoms with Crippen molar-refractivity contribution in [3.05, 3.63) is 56.9 Å². The zero-order chi connectivity index (χ0) is 23.3. The number of amides is 1. The fourth-order valence-electron chi connectivity index (χ4n) is 2.97. The molecule has 1 aliphatic rings. The lowest BCUT2D eigenvalue weighted by Crippen LogP contribution is -2.32. The fourth-order valence-corrected chi connectivity index (χ4v) is 4.38. The average Bonchev–Trinajstić information content (AvgIpc) is 3.02. The van der Waals surface area contributed by atoms with Crippen LogP contribution in [0.3, 0.4) is 0 Å². The van der Waals surface area contributed by atoms with E-state index in [-0.39, 0.29) is 18.4 Å². The Labute approximate surface area is 202 Å². The Hall–Kier alpha value is -2.59. The number of aliphatic imine (C=N–C) groups is 1. The number of benzene rings is 2. The molecular weight excluding hydrogens is 467 g/mol. The van der Waals surface area contributed by atoms with Crippen molar-refractivity contribution in [1.29, 1.82) is 0 Å². The number of terminal acetylenes is 1. The largest absolute Gasteiger partial charge is 0.493 e. The topological polar surface area (TPSA) is 51.1 Å². The van der Waals surface area contributed by atoms with E-state index >= 15 is 0 Å². The van der Waals surface area contributed by atoms with Gasteiger partial charge in [0.05, 0.1) is 22.7 Å². The Bertz CT molecular complexity index is 1110. The van der Waals surface area contributed by atoms with Gasteiger partial charge in [-0.25, -0.2) is 4.99 Å². The van der Waals surface area contributed by atoms with Crippen LogP contribution in [0.5, 0.6) is 11.5 Å². The molecule has 0 aliphatic carbocycles. The number of halogens is 2. The molecule has 1 aliphatic heterocycles. The lowest BCUT2D eigenvalue weighted by atomic mass is 10.1. The van der Waals surface area contributed by atoms with Crippen LogP contribution in [0.2, 0.25) is 10.0 Å². The molecule has 1 amide bonds. The second kappa shape index (κ2) is 10.8. The van der Waals surface area contributed by atoms with Crippen LogP contribution in [0.4, 0.5) is 5.69 Å². The maximum absolute atomic E-state index is 13.2. The number of thioether (sulfide) groups is 1. The van der Waals surface area contributed by atoms with Crippen LogP contribution in [0.15, 0.2) is 46.3 Å². The normalized spacial score (nSPS) is 16.2. The molecule has 0 spiro atoms. The third-order valence-corrected chi connectivity index (χ3v) is 5.88. The van der Waals surface area contributed by atoms with E-state index in [2.05, 4.69) is 24.8 Å². The maximum Gasteiger partial charge on any atom is 0.266 e. The standard InChI is InChI=1S/C24H22Cl2N2O3S/c1-5-10-31-22-19(26)11-16(12-20(22)30-4)13-21-23(29)28(14-15(2)3)24(32-21)27-18-8-6-17(25)7-9-18/h1,6-9,11-13,15H,10,14H2,2-4H3/b21-13-,27-24?. The van der Waals surface area contributed by atoms with Gasteiger partial charge >= 0.3 is 0 Å². The molecule has 5 nitrogen and oxygen atoms in total. The highest BCUT2D eigenvalue weighted by Crippen LogP contribution is 2.39. The number of ether oxygens (including phenoxy) is 2. The molecule has 3 rings (SSSR count). The second-order valence-electron chi connectivity index (χ2n) is 7.32. The van der Waals surface area contributed by atoms with Crippen molar-refractivity contribution in [1.82, 2.24) is 4.90 Å². The van der Waals surface area contributed by atoms with Crippen molar-refractivity contribution in [3.63, 3.8) is 0 Å². The zero-order valence-electron chi connectivity index (χ0n) is 17.9. The van der Waals surface area contributed by atoms with Crippen molar-refractivity contribution in [3.8, 4) is 23.8 Å². The highest BCUT2D eigenvalue weighted by molar-refractivity contribution is 8.18. The van der Waals surface area contributed by atoms with Gasteiger partial charge in [0.1, 0.15) is 6.61 Å². The molecule has 0 N–H and O–H groups in total. The van der Waals surface area contributed by atoms with Gasteiger partial charge in [-0.15, -0.1) is 6.42 Å². The minimum Gasteiger partial charge on any atom is -0.493 e. The number of methoxy groups -OCH3 is 1. The lowest BCUT2D eigenvalue weighted by Gasteiger charge is -2.17. The fraction of sp³-hybridized carbons (Fsp3) is 0.250. The number of hydrogen-bond donors (Lipinski definition) is 0. The van der Waals surface area contributed by atoms with E-state index in [4.69, 9.17) is 39.1 Å². The van der Waals surface area contributed by atoms with Crippen molar-refractivity contribution < 1.29 is 14.3 Å². The summed E-state index contributed by atoms with van der Waals surface area (Å²) < 4.78 is 10.9. The minimum atomic E-state index is -0.112. The van der Waals surface area contributed by atoms with Gasteiger partial charge in [0.25, 0.3) is 5.91 Å². The average molecular weight is 489 g/mol. The van der Waals surface area contributed by atoms with Crippen molar-refractivity contribution in [2.24, 2.45) is 10.9 Å². The third kappa shape index (κ3) is 5.80. The molecule has 0 aromatic heterocycles. The molecule has 1 heterocycles. The summed E-state index contributed by atoms with van der Waals surface area (Å²) in [5.74, 6) is 3.36. The predicted octanol–water partition coefficient (Wildman–Crippen LogP) is 6.27. The van der Waals surface area contributed by atoms with E-state index in [0.717, 1.165) is 5.69 Å². The minimum absolute atomic E-state index is 0.0690. The molecule has 8 heteroatoms. The van der Waals surface area contributed by atoms with E-state index in [1.807, 2.05) is 12.1 Å². The van der Waals surface area contributed by atoms with Gasteiger partial charge in [-0.3, -0.25) is 9.69 Å². The molecule has 0 atom stereocenters. The van der Waals surface area contributed by atoms with Crippen LogP contribution in [-0.2, 0) is 4.79 Å². The van der Waals surface area contributed by atoms with Crippen LogP contribution in [-0.4, -0.2) is 36.2 Å². The summed E-state index contributed by atoms with van der Waals surface area (Å²) in [4.78, 5) is 20.1. The molecule has 2 aromatic carbocycles. The molecule has 0 bridgehead atoms. The van der Waals surface area contributed by atoms with Gasteiger partial charge in [0.2, 0.25) is 0 Å². The summed E-state index contributed by atoms with van der Waals surface area (Å²) >= 11 is 13.7. The number of hydrogen-bond acceptors (Lipinski definition) is 5. The first kappa shape index (κ1) is 24.1. The summed E-state index contributed by atoms with van der Waals surface area (Å²) in [5, 5.41) is 1.59. The third-order valence-electron chi connectivity index (χ3n) is 4.34. The predicted molar refractivity (Wildman–Crippen MR) is 133 cm³/mol. The number of carbonyl (C=O) groups excluding carboxylic acids is 1. The molecule has 166 valence electrons. The number of amidine groups is 1. The Morgan fingerprint density at radius 1 is 1.25 bits per heavy atom. The van der Waals surface area contributed by atoms with Crippen LogP contribution in [0.25, 0.3) is 6.08 Å². The smallest absolute Gasteiger partial charge is 0.266 e. The summed E-state index contributed by atoms with van der Waals surface area (Å²) in [5.41, 5.74) is 1.42. The van der Waals surface area contributed by atoms with Crippen LogP contribution in [0.1, 0.15) is 19.4 Å². The van der Waals surface area contributed by atoms with E-state index in [9.17, 15) is 4.79 Å². The molecule has 32 heavy (non-hydrogen) atoms. The highest BCUT2D eigenvalue weighted by Gasteiger charge is 2.33. The maximum atomic E-state index is 13.2. The highest BCUT2D eigenvalue weighted by atomic mass is 35.5. The summed E-state index contributed by atoms with van der Waals surface area (Å²) in [6, 6.07) is 10.6. The molecule has 0 saturated carbocycles. The zero-order valence-corrected chi connectivity index (χ0v) is 20.2. The number of carbonyl (C=O) groups is 1. The van der Waals surface area contributed by atoms with Gasteiger partial charge in [-0.05, 0) is 65.7 Å². The van der Waals surface area contributed by atoms with Crippen LogP contribution in [0, 0.1) is 18.3 Å². The summed E-state index contributed by atoms with van der Waals surface area (Å²) in [6.45, 7) is 4.73. The van der Waals surface area contributed by atoms with E-state index in [0.29, 0.717) is 43.7 Å². The number of rotatable bonds is 7. The Morgan fingerprint density at radius 3 is 2.59 bits per heavy atom. The van der Waals surface area contributed by atoms with Gasteiger partial charge in [0, 0.05) is 11.6 Å². The van der Waals surface area contributed by atoms with E-state index in [1.54, 1.807) is 35.2 Å². The quantitative estimate of drug-likeness (QED) is 0.340. The second-order valence-corrected chi connectivity index (χ2v) is 9.17. The Kier molecular flexibility index (Phi) is 8.14. The first-order chi connectivity index (χ1) is 15.3. The van der Waals surface area contributed by atoms with Crippen molar-refractivity contribution in [2.45, 2.75) is 13.8 Å². The van der Waals surface area contributed by atoms with Crippen LogP contribution >= 0.6 is 35.0 Å². The van der Waals surface area contributed by atoms with Crippen LogP contribution < -0.4 is 9.47 Å². The molecule has 2 aromatic rings. The van der Waals surface area contributed by atoms with E-state index in [1.165, 1.54) is 18.9 Å². The Morgan fingerprint density at radius 2 is 1.97 bits per heavy atom. The van der Waals surface area contributed by atoms with E-state index < -0.39 is 0 Å². The van der Waals surface area contributed by atoms with Crippen molar-refractivity contribution in [2.75, 3.05) is 20.3 Å². The first-order valence-corrected chi connectivity index (χ1v) is 11.4. The van der Waals surface area contributed by atoms with Gasteiger partial charge < -0.3 is 9.47 Å². The molecule has 0 radical (unpaired) electrons. The number of nitrogens with zero attached hydrogens (tertiary/aromatic N) is 2. The molecule has 1 saturated heterocycles. The van der Waals surface area contributed by atoms with Gasteiger partial charge in [-0.1, -0.05) is 43.0 Å². The Balaban J connectivity index is 1.97. The monoisotopic (exact) mass is 488 g/mol. The SMILES string of the molecule is C#CCOc1c(Cl)cc(/C=C2\SC(=Nc3ccc(Cl)cc3)N(CC(C)C)C2=O)cc1OC.